The van der Waals surface area contributed by atoms with E-state index in [2.05, 4.69) is 37.6 Å². The molecule has 1 fully saturated rings. The Morgan fingerprint density at radius 3 is 2.56 bits per heavy atom. The summed E-state index contributed by atoms with van der Waals surface area (Å²) < 4.78 is 2.60. The molecule has 1 aliphatic heterocycles. The average molecular weight is 247 g/mol. The molecule has 2 aliphatic rings. The number of fused-ring (bicyclic) bond motifs is 1. The Morgan fingerprint density at radius 2 is 2.00 bits per heavy atom. The van der Waals surface area contributed by atoms with E-state index in [1.54, 1.807) is 0 Å². The van der Waals surface area contributed by atoms with Crippen LogP contribution in [0.15, 0.2) is 0 Å². The van der Waals surface area contributed by atoms with Gasteiger partial charge in [0.2, 0.25) is 0 Å². The van der Waals surface area contributed by atoms with Gasteiger partial charge < -0.3 is 9.88 Å². The molecule has 2 heterocycles. The molecule has 3 nitrogen and oxygen atoms in total. The van der Waals surface area contributed by atoms with Gasteiger partial charge in [-0.3, -0.25) is 0 Å². The van der Waals surface area contributed by atoms with E-state index in [-0.39, 0.29) is 5.41 Å². The maximum atomic E-state index is 4.97. The normalized spacial score (nSPS) is 22.4. The van der Waals surface area contributed by atoms with Crippen LogP contribution in [0.4, 0.5) is 0 Å². The molecule has 0 unspecified atom stereocenters. The summed E-state index contributed by atoms with van der Waals surface area (Å²) in [6.45, 7) is 11.3. The Labute approximate surface area is 110 Å². The Bertz CT molecular complexity index is 461. The lowest BCUT2D eigenvalue weighted by atomic mass is 9.77. The zero-order chi connectivity index (χ0) is 13.0. The zero-order valence-corrected chi connectivity index (χ0v) is 12.1. The Kier molecular flexibility index (Phi) is 2.60. The molecule has 1 aliphatic carbocycles. The molecular weight excluding hydrogens is 222 g/mol. The van der Waals surface area contributed by atoms with Crippen LogP contribution >= 0.6 is 0 Å². The molecule has 0 amide bonds. The lowest BCUT2D eigenvalue weighted by Crippen LogP contribution is -2.42. The van der Waals surface area contributed by atoms with Crippen LogP contribution < -0.4 is 5.32 Å². The van der Waals surface area contributed by atoms with Gasteiger partial charge in [-0.1, -0.05) is 20.8 Å². The van der Waals surface area contributed by atoms with Crippen molar-refractivity contribution in [1.82, 2.24) is 14.9 Å². The van der Waals surface area contributed by atoms with Crippen LogP contribution in [0.5, 0.6) is 0 Å². The lowest BCUT2D eigenvalue weighted by Gasteiger charge is -2.44. The zero-order valence-electron chi connectivity index (χ0n) is 12.1. The first-order valence-electron chi connectivity index (χ1n) is 7.24. The number of rotatable bonds is 1. The molecular formula is C15H25N3. The number of hydrogen-bond acceptors (Lipinski definition) is 2. The number of nitrogens with one attached hydrogen (secondary N) is 1. The van der Waals surface area contributed by atoms with Crippen LogP contribution in [0.3, 0.4) is 0 Å². The average Bonchev–Trinajstić information content (AvgIpc) is 2.65. The summed E-state index contributed by atoms with van der Waals surface area (Å²) in [5.74, 6) is 1.29. The van der Waals surface area contributed by atoms with E-state index in [0.717, 1.165) is 19.5 Å². The minimum atomic E-state index is 0.135. The van der Waals surface area contributed by atoms with E-state index in [9.17, 15) is 0 Å². The third-order valence-corrected chi connectivity index (χ3v) is 4.53. The molecule has 18 heavy (non-hydrogen) atoms. The number of hydrogen-bond donors (Lipinski definition) is 1. The van der Waals surface area contributed by atoms with Gasteiger partial charge in [-0.15, -0.1) is 0 Å². The highest BCUT2D eigenvalue weighted by Gasteiger charge is 2.40. The first kappa shape index (κ1) is 12.2. The topological polar surface area (TPSA) is 29.9 Å². The third kappa shape index (κ3) is 1.71. The van der Waals surface area contributed by atoms with Crippen molar-refractivity contribution in [3.8, 4) is 0 Å². The lowest BCUT2D eigenvalue weighted by molar-refractivity contribution is 0.152. The second-order valence-electron chi connectivity index (χ2n) is 7.19. The second kappa shape index (κ2) is 3.83. The summed E-state index contributed by atoms with van der Waals surface area (Å²) in [5, 5.41) is 3.44. The van der Waals surface area contributed by atoms with Crippen LogP contribution in [0.25, 0.3) is 0 Å². The molecule has 100 valence electrons. The van der Waals surface area contributed by atoms with Gasteiger partial charge in [-0.25, -0.2) is 4.98 Å². The molecule has 1 aromatic heterocycles. The molecule has 1 saturated carbocycles. The fourth-order valence-corrected chi connectivity index (χ4v) is 3.31. The SMILES string of the molecule is CC(C)(C)c1nc2c(n1C1(C)CCC1)CCNC2. The highest BCUT2D eigenvalue weighted by Crippen LogP contribution is 2.43. The fraction of sp³-hybridized carbons (Fsp3) is 0.800. The summed E-state index contributed by atoms with van der Waals surface area (Å²) in [6.07, 6.45) is 5.12. The molecule has 3 heteroatoms. The fourth-order valence-electron chi connectivity index (χ4n) is 3.31. The Hall–Kier alpha value is -0.830. The van der Waals surface area contributed by atoms with Gasteiger partial charge in [0.1, 0.15) is 5.82 Å². The van der Waals surface area contributed by atoms with E-state index < -0.39 is 0 Å². The molecule has 1 aromatic rings. The van der Waals surface area contributed by atoms with Crippen molar-refractivity contribution >= 4 is 0 Å². The van der Waals surface area contributed by atoms with E-state index in [0.29, 0.717) is 5.54 Å². The van der Waals surface area contributed by atoms with Crippen molar-refractivity contribution in [2.75, 3.05) is 6.54 Å². The highest BCUT2D eigenvalue weighted by molar-refractivity contribution is 5.26. The van der Waals surface area contributed by atoms with Crippen LogP contribution in [0.2, 0.25) is 0 Å². The molecule has 0 bridgehead atoms. The molecule has 0 radical (unpaired) electrons. The summed E-state index contributed by atoms with van der Waals surface area (Å²) >= 11 is 0. The van der Waals surface area contributed by atoms with Crippen molar-refractivity contribution in [1.29, 1.82) is 0 Å². The molecule has 0 aromatic carbocycles. The highest BCUT2D eigenvalue weighted by atomic mass is 15.2. The van der Waals surface area contributed by atoms with E-state index in [1.165, 1.54) is 36.5 Å². The third-order valence-electron chi connectivity index (χ3n) is 4.53. The minimum Gasteiger partial charge on any atom is -0.325 e. The maximum Gasteiger partial charge on any atom is 0.115 e. The van der Waals surface area contributed by atoms with Gasteiger partial charge in [-0.05, 0) is 26.2 Å². The summed E-state index contributed by atoms with van der Waals surface area (Å²) in [5.41, 5.74) is 3.26. The maximum absolute atomic E-state index is 4.97. The standard InChI is InChI=1S/C15H25N3/c1-14(2,3)13-17-11-10-16-9-6-12(11)18(13)15(4)7-5-8-15/h16H,5-10H2,1-4H3. The molecule has 3 rings (SSSR count). The molecule has 0 spiro atoms. The quantitative estimate of drug-likeness (QED) is 0.827. The van der Waals surface area contributed by atoms with Gasteiger partial charge >= 0.3 is 0 Å². The van der Waals surface area contributed by atoms with Crippen LogP contribution in [-0.2, 0) is 23.9 Å². The Balaban J connectivity index is 2.16. The van der Waals surface area contributed by atoms with Crippen LogP contribution in [-0.4, -0.2) is 16.1 Å². The predicted octanol–water partition coefficient (Wildman–Crippen LogP) is 2.73. The largest absolute Gasteiger partial charge is 0.325 e. The number of aromatic nitrogens is 2. The van der Waals surface area contributed by atoms with Crippen molar-refractivity contribution in [2.45, 2.75) is 70.9 Å². The summed E-state index contributed by atoms with van der Waals surface area (Å²) in [7, 11) is 0. The van der Waals surface area contributed by atoms with E-state index in [1.807, 2.05) is 0 Å². The second-order valence-corrected chi connectivity index (χ2v) is 7.19. The van der Waals surface area contributed by atoms with Crippen molar-refractivity contribution in [3.63, 3.8) is 0 Å². The van der Waals surface area contributed by atoms with Crippen molar-refractivity contribution in [2.24, 2.45) is 0 Å². The van der Waals surface area contributed by atoms with E-state index in [4.69, 9.17) is 4.98 Å². The number of nitrogens with zero attached hydrogens (tertiary/aromatic N) is 2. The van der Waals surface area contributed by atoms with Crippen molar-refractivity contribution in [3.05, 3.63) is 17.2 Å². The van der Waals surface area contributed by atoms with Gasteiger partial charge in [-0.2, -0.15) is 0 Å². The van der Waals surface area contributed by atoms with Crippen LogP contribution in [0, 0.1) is 0 Å². The summed E-state index contributed by atoms with van der Waals surface area (Å²) in [6, 6.07) is 0. The number of imidazole rings is 1. The smallest absolute Gasteiger partial charge is 0.115 e. The van der Waals surface area contributed by atoms with Crippen molar-refractivity contribution < 1.29 is 0 Å². The van der Waals surface area contributed by atoms with Gasteiger partial charge in [0.05, 0.1) is 5.69 Å². The van der Waals surface area contributed by atoms with Gasteiger partial charge in [0.25, 0.3) is 0 Å². The predicted molar refractivity (Wildman–Crippen MR) is 73.8 cm³/mol. The Morgan fingerprint density at radius 1 is 1.28 bits per heavy atom. The van der Waals surface area contributed by atoms with Gasteiger partial charge in [0, 0.05) is 36.2 Å². The van der Waals surface area contributed by atoms with E-state index >= 15 is 0 Å². The first-order valence-corrected chi connectivity index (χ1v) is 7.24. The monoisotopic (exact) mass is 247 g/mol. The summed E-state index contributed by atoms with van der Waals surface area (Å²) in [4.78, 5) is 4.97. The van der Waals surface area contributed by atoms with Gasteiger partial charge in [0.15, 0.2) is 0 Å². The first-order chi connectivity index (χ1) is 8.42. The van der Waals surface area contributed by atoms with Crippen LogP contribution in [0.1, 0.15) is 64.2 Å². The molecule has 1 N–H and O–H groups in total. The molecule has 0 saturated heterocycles. The minimum absolute atomic E-state index is 0.135. The molecule has 0 atom stereocenters.